The molecule has 35 heavy (non-hydrogen) atoms. The van der Waals surface area contributed by atoms with Gasteiger partial charge >= 0.3 is 0 Å². The fraction of sp³-hybridized carbons (Fsp3) is 0.250. The van der Waals surface area contributed by atoms with E-state index in [0.29, 0.717) is 35.4 Å². The van der Waals surface area contributed by atoms with Gasteiger partial charge in [-0.3, -0.25) is 14.0 Å². The number of hydrogen-bond acceptors (Lipinski definition) is 6. The maximum absolute atomic E-state index is 15.0. The summed E-state index contributed by atoms with van der Waals surface area (Å²) < 4.78 is 51.2. The van der Waals surface area contributed by atoms with Crippen LogP contribution in [0.1, 0.15) is 11.1 Å². The lowest BCUT2D eigenvalue weighted by Crippen LogP contribution is -2.38. The summed E-state index contributed by atoms with van der Waals surface area (Å²) >= 11 is 6.20. The number of rotatable bonds is 5. The van der Waals surface area contributed by atoms with Crippen LogP contribution in [0.4, 0.5) is 20.4 Å². The van der Waals surface area contributed by atoms with Crippen LogP contribution in [-0.4, -0.2) is 53.1 Å². The van der Waals surface area contributed by atoms with Gasteiger partial charge in [-0.25, -0.2) is 13.8 Å². The molecule has 11 heteroatoms. The van der Waals surface area contributed by atoms with Crippen molar-refractivity contribution in [2.45, 2.75) is 13.5 Å². The molecule has 0 aliphatic carbocycles. The molecule has 1 aliphatic rings. The van der Waals surface area contributed by atoms with Crippen molar-refractivity contribution < 1.29 is 17.9 Å². The normalized spacial score (nSPS) is 17.0. The Kier molecular flexibility index (Phi) is 6.41. The third kappa shape index (κ3) is 5.12. The van der Waals surface area contributed by atoms with Crippen molar-refractivity contribution in [1.82, 2.24) is 19.4 Å². The molecule has 0 bridgehead atoms. The number of halogens is 3. The highest BCUT2D eigenvalue weighted by Gasteiger charge is 2.24. The summed E-state index contributed by atoms with van der Waals surface area (Å²) in [7, 11) is -2.57. The van der Waals surface area contributed by atoms with Crippen LogP contribution in [0.15, 0.2) is 48.8 Å². The van der Waals surface area contributed by atoms with Gasteiger partial charge in [0.1, 0.15) is 17.3 Å². The SMILES string of the molecule is Cc1ccc(Nc2ncc3ccn(-c4cc(F)c(CN5CCS(O)(O)CC5)c(F)c4)c3n2)cc1Cl. The van der Waals surface area contributed by atoms with Crippen LogP contribution in [0.5, 0.6) is 0 Å². The van der Waals surface area contributed by atoms with Gasteiger partial charge in [0.05, 0.1) is 17.2 Å². The van der Waals surface area contributed by atoms with Crippen molar-refractivity contribution in [2.24, 2.45) is 0 Å². The Labute approximate surface area is 207 Å². The average molecular weight is 520 g/mol. The molecule has 7 nitrogen and oxygen atoms in total. The third-order valence-electron chi connectivity index (χ3n) is 6.11. The smallest absolute Gasteiger partial charge is 0.229 e. The summed E-state index contributed by atoms with van der Waals surface area (Å²) in [4.78, 5) is 10.7. The largest absolute Gasteiger partial charge is 0.324 e. The van der Waals surface area contributed by atoms with Gasteiger partial charge in [0.15, 0.2) is 0 Å². The molecule has 0 saturated carbocycles. The lowest BCUT2D eigenvalue weighted by Gasteiger charge is -2.41. The number of benzene rings is 2. The van der Waals surface area contributed by atoms with E-state index < -0.39 is 22.2 Å². The van der Waals surface area contributed by atoms with Crippen molar-refractivity contribution in [3.8, 4) is 5.69 Å². The Bertz CT molecular complexity index is 1380. The summed E-state index contributed by atoms with van der Waals surface area (Å²) in [6.45, 7) is 2.73. The predicted octanol–water partition coefficient (Wildman–Crippen LogP) is 5.97. The van der Waals surface area contributed by atoms with Gasteiger partial charge in [0.25, 0.3) is 0 Å². The van der Waals surface area contributed by atoms with Crippen molar-refractivity contribution in [3.63, 3.8) is 0 Å². The standard InChI is InChI=1S/C24H24ClF2N5O2S/c1-15-2-3-17(10-20(15)25)29-24-28-13-16-4-5-32(23(16)30-24)18-11-21(26)19(22(27)12-18)14-31-6-8-35(33,34)9-7-31/h2-5,10-13,33-34H,6-9,14H2,1H3,(H,28,29,30). The minimum absolute atomic E-state index is 0.0446. The van der Waals surface area contributed by atoms with Crippen LogP contribution in [0.2, 0.25) is 5.02 Å². The molecule has 4 aromatic rings. The molecule has 0 radical (unpaired) electrons. The predicted molar refractivity (Wildman–Crippen MR) is 136 cm³/mol. The molecule has 5 rings (SSSR count). The molecule has 2 aromatic carbocycles. The lowest BCUT2D eigenvalue weighted by molar-refractivity contribution is 0.270. The Morgan fingerprint density at radius 3 is 2.49 bits per heavy atom. The van der Waals surface area contributed by atoms with E-state index >= 15 is 8.78 Å². The number of anilines is 2. The highest BCUT2D eigenvalue weighted by Crippen LogP contribution is 2.40. The quantitative estimate of drug-likeness (QED) is 0.301. The van der Waals surface area contributed by atoms with Gasteiger partial charge < -0.3 is 9.88 Å². The van der Waals surface area contributed by atoms with E-state index in [1.165, 1.54) is 12.1 Å². The van der Waals surface area contributed by atoms with Crippen LogP contribution in [0, 0.1) is 18.6 Å². The van der Waals surface area contributed by atoms with Crippen molar-refractivity contribution in [3.05, 3.63) is 76.6 Å². The third-order valence-corrected chi connectivity index (χ3v) is 8.19. The van der Waals surface area contributed by atoms with E-state index in [-0.39, 0.29) is 23.6 Å². The maximum atomic E-state index is 15.0. The Morgan fingerprint density at radius 2 is 1.80 bits per heavy atom. The number of nitrogens with zero attached hydrogens (tertiary/aromatic N) is 4. The van der Waals surface area contributed by atoms with E-state index in [1.54, 1.807) is 29.1 Å². The van der Waals surface area contributed by atoms with E-state index in [2.05, 4.69) is 15.3 Å². The molecule has 1 fully saturated rings. The number of aryl methyl sites for hydroxylation is 1. The van der Waals surface area contributed by atoms with E-state index in [0.717, 1.165) is 16.6 Å². The van der Waals surface area contributed by atoms with E-state index in [4.69, 9.17) is 11.6 Å². The number of nitrogens with one attached hydrogen (secondary N) is 1. The van der Waals surface area contributed by atoms with Crippen molar-refractivity contribution >= 4 is 44.9 Å². The highest BCUT2D eigenvalue weighted by molar-refractivity contribution is 8.24. The monoisotopic (exact) mass is 519 g/mol. The van der Waals surface area contributed by atoms with E-state index in [1.807, 2.05) is 24.0 Å². The first-order valence-electron chi connectivity index (χ1n) is 11.0. The van der Waals surface area contributed by atoms with Gasteiger partial charge in [0, 0.05) is 53.7 Å². The molecule has 0 atom stereocenters. The zero-order chi connectivity index (χ0) is 24.7. The Hall–Kier alpha value is -2.76. The van der Waals surface area contributed by atoms with Crippen LogP contribution in [0.3, 0.4) is 0 Å². The molecule has 3 N–H and O–H groups in total. The summed E-state index contributed by atoms with van der Waals surface area (Å²) in [5.74, 6) is -0.573. The second-order valence-corrected chi connectivity index (χ2v) is 11.4. The number of hydrogen-bond donors (Lipinski definition) is 3. The van der Waals surface area contributed by atoms with Crippen LogP contribution in [-0.2, 0) is 6.54 Å². The van der Waals surface area contributed by atoms with Crippen LogP contribution >= 0.6 is 22.2 Å². The van der Waals surface area contributed by atoms with Crippen LogP contribution < -0.4 is 5.32 Å². The topological polar surface area (TPSA) is 86.4 Å². The molecular formula is C24H24ClF2N5O2S. The second kappa shape index (κ2) is 9.36. The number of fused-ring (bicyclic) bond motifs is 1. The maximum Gasteiger partial charge on any atom is 0.229 e. The van der Waals surface area contributed by atoms with Gasteiger partial charge in [-0.1, -0.05) is 17.7 Å². The molecule has 184 valence electrons. The molecule has 0 spiro atoms. The first-order valence-corrected chi connectivity index (χ1v) is 13.3. The number of aromatic nitrogens is 3. The van der Waals surface area contributed by atoms with Gasteiger partial charge in [-0.2, -0.15) is 15.6 Å². The van der Waals surface area contributed by atoms with Gasteiger partial charge in [-0.05, 0) is 42.8 Å². The molecule has 1 aliphatic heterocycles. The van der Waals surface area contributed by atoms with E-state index in [9.17, 15) is 9.11 Å². The average Bonchev–Trinajstić information content (AvgIpc) is 3.23. The molecule has 0 amide bonds. The zero-order valence-corrected chi connectivity index (χ0v) is 20.5. The molecule has 3 heterocycles. The molecule has 0 unspecified atom stereocenters. The highest BCUT2D eigenvalue weighted by atomic mass is 35.5. The summed E-state index contributed by atoms with van der Waals surface area (Å²) in [5.41, 5.74) is 2.42. The van der Waals surface area contributed by atoms with Crippen molar-refractivity contribution in [2.75, 3.05) is 29.9 Å². The summed E-state index contributed by atoms with van der Waals surface area (Å²) in [6, 6.07) is 9.86. The molecule has 2 aromatic heterocycles. The molecule has 1 saturated heterocycles. The first-order chi connectivity index (χ1) is 16.7. The zero-order valence-electron chi connectivity index (χ0n) is 18.9. The van der Waals surface area contributed by atoms with Crippen molar-refractivity contribution in [1.29, 1.82) is 0 Å². The van der Waals surface area contributed by atoms with Gasteiger partial charge in [0.2, 0.25) is 5.95 Å². The minimum atomic E-state index is -2.57. The minimum Gasteiger partial charge on any atom is -0.324 e. The molecular weight excluding hydrogens is 496 g/mol. The van der Waals surface area contributed by atoms with Crippen LogP contribution in [0.25, 0.3) is 16.7 Å². The summed E-state index contributed by atoms with van der Waals surface area (Å²) in [5, 5.41) is 4.44. The lowest BCUT2D eigenvalue weighted by atomic mass is 10.1. The fourth-order valence-electron chi connectivity index (χ4n) is 4.01. The Morgan fingerprint density at radius 1 is 1.09 bits per heavy atom. The first kappa shape index (κ1) is 24.0. The Balaban J connectivity index is 1.41. The second-order valence-electron chi connectivity index (χ2n) is 8.62. The van der Waals surface area contributed by atoms with Gasteiger partial charge in [-0.15, -0.1) is 0 Å². The fourth-order valence-corrected chi connectivity index (χ4v) is 5.50. The summed E-state index contributed by atoms with van der Waals surface area (Å²) in [6.07, 6.45) is 3.33.